The molecule has 2 saturated heterocycles. The maximum Gasteiger partial charge on any atom is 0.0679 e. The van der Waals surface area contributed by atoms with Gasteiger partial charge in [-0.1, -0.05) is 18.6 Å². The second kappa shape index (κ2) is 7.87. The zero-order chi connectivity index (χ0) is 18.9. The van der Waals surface area contributed by atoms with Gasteiger partial charge in [0.25, 0.3) is 0 Å². The van der Waals surface area contributed by atoms with Crippen LogP contribution in [-0.4, -0.2) is 28.6 Å². The van der Waals surface area contributed by atoms with Crippen LogP contribution in [0.15, 0.2) is 42.7 Å². The van der Waals surface area contributed by atoms with E-state index in [1.807, 2.05) is 18.5 Å². The molecule has 3 aliphatic rings. The third kappa shape index (κ3) is 3.57. The number of nitrogens with one attached hydrogen (secondary N) is 3. The van der Waals surface area contributed by atoms with Crippen molar-refractivity contribution in [2.45, 2.75) is 62.2 Å². The zero-order valence-corrected chi connectivity index (χ0v) is 16.2. The van der Waals surface area contributed by atoms with Crippen LogP contribution in [0, 0.1) is 5.92 Å². The van der Waals surface area contributed by atoms with Crippen molar-refractivity contribution < 1.29 is 0 Å². The lowest BCUT2D eigenvalue weighted by atomic mass is 9.81. The lowest BCUT2D eigenvalue weighted by Crippen LogP contribution is -2.46. The van der Waals surface area contributed by atoms with Gasteiger partial charge in [-0.25, -0.2) is 5.43 Å². The van der Waals surface area contributed by atoms with E-state index in [1.165, 1.54) is 24.1 Å². The molecule has 6 nitrogen and oxygen atoms in total. The van der Waals surface area contributed by atoms with E-state index >= 15 is 0 Å². The number of hydrazine groups is 1. The molecule has 0 spiro atoms. The van der Waals surface area contributed by atoms with Crippen LogP contribution in [0.2, 0.25) is 0 Å². The molecule has 0 amide bonds. The van der Waals surface area contributed by atoms with Gasteiger partial charge in [0.1, 0.15) is 0 Å². The second-order valence-corrected chi connectivity index (χ2v) is 8.63. The summed E-state index contributed by atoms with van der Waals surface area (Å²) in [5.74, 6) is 1.01. The quantitative estimate of drug-likeness (QED) is 0.656. The second-order valence-electron chi connectivity index (χ2n) is 8.63. The van der Waals surface area contributed by atoms with Crippen molar-refractivity contribution in [1.29, 1.82) is 0 Å². The first kappa shape index (κ1) is 18.2. The molecule has 6 heteroatoms. The van der Waals surface area contributed by atoms with Crippen molar-refractivity contribution in [2.75, 3.05) is 6.54 Å². The number of nitrogens with zero attached hydrogens (tertiary/aromatic N) is 2. The maximum atomic E-state index is 6.22. The minimum Gasteiger partial charge on any atom is -0.328 e. The molecule has 0 bridgehead atoms. The highest BCUT2D eigenvalue weighted by Gasteiger charge is 2.42. The van der Waals surface area contributed by atoms with Gasteiger partial charge in [0.2, 0.25) is 0 Å². The van der Waals surface area contributed by atoms with Crippen LogP contribution in [-0.2, 0) is 0 Å². The number of piperidine rings is 1. The molecule has 5 N–H and O–H groups in total. The summed E-state index contributed by atoms with van der Waals surface area (Å²) in [6.07, 6.45) is 9.52. The van der Waals surface area contributed by atoms with E-state index in [0.29, 0.717) is 30.0 Å². The molecular weight excluding hydrogens is 348 g/mol. The number of fused-ring (bicyclic) bond motifs is 1. The molecule has 148 valence electrons. The summed E-state index contributed by atoms with van der Waals surface area (Å²) >= 11 is 0. The van der Waals surface area contributed by atoms with Gasteiger partial charge in [-0.15, -0.1) is 0 Å². The number of rotatable bonds is 3. The minimum atomic E-state index is 0.239. The topological polar surface area (TPSA) is 87.9 Å². The van der Waals surface area contributed by atoms with Gasteiger partial charge in [0.05, 0.1) is 11.7 Å². The maximum absolute atomic E-state index is 6.22. The van der Waals surface area contributed by atoms with Crippen molar-refractivity contribution in [1.82, 2.24) is 26.1 Å². The van der Waals surface area contributed by atoms with Crippen LogP contribution in [0.5, 0.6) is 0 Å². The average molecular weight is 379 g/mol. The first-order valence-electron chi connectivity index (χ1n) is 10.6. The van der Waals surface area contributed by atoms with Crippen molar-refractivity contribution in [2.24, 2.45) is 11.7 Å². The van der Waals surface area contributed by atoms with E-state index in [1.54, 1.807) is 0 Å². The van der Waals surface area contributed by atoms with Crippen LogP contribution >= 0.6 is 0 Å². The highest BCUT2D eigenvalue weighted by molar-refractivity contribution is 5.22. The first-order chi connectivity index (χ1) is 13.8. The standard InChI is InChI=1S/C22H30N6/c23-16-6-1-4-14(10-16)18-7-2-8-19(26-18)22-17-11-20(15-5-3-9-24-12-15)25-13-21(17)27-28-22/h2-3,5,7-9,12,14,16-17,20-22,25,27-28H,1,4,6,10-11,13,23H2/t14?,16-,17?,20?,21?,22?/m0/s1. The number of nitrogens with two attached hydrogens (primary N) is 1. The molecular formula is C22H30N6. The van der Waals surface area contributed by atoms with E-state index in [0.717, 1.165) is 31.5 Å². The zero-order valence-electron chi connectivity index (χ0n) is 16.2. The van der Waals surface area contributed by atoms with Gasteiger partial charge in [-0.2, -0.15) is 0 Å². The lowest BCUT2D eigenvalue weighted by Gasteiger charge is -2.34. The summed E-state index contributed by atoms with van der Waals surface area (Å²) in [6, 6.07) is 12.1. The summed E-state index contributed by atoms with van der Waals surface area (Å²) in [4.78, 5) is 9.41. The Bertz CT molecular complexity index is 797. The average Bonchev–Trinajstić information content (AvgIpc) is 3.18. The number of aromatic nitrogens is 2. The first-order valence-corrected chi connectivity index (χ1v) is 10.6. The predicted molar refractivity (Wildman–Crippen MR) is 109 cm³/mol. The number of pyridine rings is 2. The van der Waals surface area contributed by atoms with Crippen LogP contribution in [0.3, 0.4) is 0 Å². The Kier molecular flexibility index (Phi) is 5.11. The van der Waals surface area contributed by atoms with Crippen LogP contribution in [0.4, 0.5) is 0 Å². The Morgan fingerprint density at radius 2 is 1.93 bits per heavy atom. The van der Waals surface area contributed by atoms with Gasteiger partial charge in [0.15, 0.2) is 0 Å². The molecule has 1 aliphatic carbocycles. The molecule has 2 aliphatic heterocycles. The molecule has 0 aromatic carbocycles. The summed E-state index contributed by atoms with van der Waals surface area (Å²) in [6.45, 7) is 0.949. The summed E-state index contributed by atoms with van der Waals surface area (Å²) in [5, 5.41) is 3.67. The SMILES string of the molecule is N[C@H]1CCCC(c2cccc(C3NNC4CNC(c5cccnc5)CC43)n2)C1. The molecule has 6 atom stereocenters. The third-order valence-electron chi connectivity index (χ3n) is 6.79. The molecule has 3 fully saturated rings. The molecule has 5 unspecified atom stereocenters. The Morgan fingerprint density at radius 3 is 2.79 bits per heavy atom. The van der Waals surface area contributed by atoms with Crippen molar-refractivity contribution in [3.8, 4) is 0 Å². The monoisotopic (exact) mass is 378 g/mol. The highest BCUT2D eigenvalue weighted by Crippen LogP contribution is 2.38. The number of hydrogen-bond donors (Lipinski definition) is 4. The van der Waals surface area contributed by atoms with E-state index < -0.39 is 0 Å². The van der Waals surface area contributed by atoms with Crippen LogP contribution < -0.4 is 21.9 Å². The van der Waals surface area contributed by atoms with Gasteiger partial charge < -0.3 is 11.1 Å². The van der Waals surface area contributed by atoms with E-state index in [-0.39, 0.29) is 6.04 Å². The van der Waals surface area contributed by atoms with Crippen LogP contribution in [0.25, 0.3) is 0 Å². The Labute approximate surface area is 166 Å². The molecule has 5 rings (SSSR count). The normalized spacial score (nSPS) is 35.5. The third-order valence-corrected chi connectivity index (χ3v) is 6.79. The van der Waals surface area contributed by atoms with Gasteiger partial charge in [-0.05, 0) is 49.4 Å². The molecule has 2 aromatic heterocycles. The Morgan fingerprint density at radius 1 is 1.00 bits per heavy atom. The summed E-state index contributed by atoms with van der Waals surface area (Å²) in [5.41, 5.74) is 16.9. The largest absolute Gasteiger partial charge is 0.328 e. The molecule has 0 radical (unpaired) electrons. The van der Waals surface area contributed by atoms with Gasteiger partial charge in [0, 0.05) is 54.6 Å². The minimum absolute atomic E-state index is 0.239. The van der Waals surface area contributed by atoms with E-state index in [4.69, 9.17) is 10.7 Å². The van der Waals surface area contributed by atoms with Gasteiger partial charge >= 0.3 is 0 Å². The number of hydrogen-bond acceptors (Lipinski definition) is 6. The molecule has 4 heterocycles. The lowest BCUT2D eigenvalue weighted by molar-refractivity contribution is 0.264. The highest BCUT2D eigenvalue weighted by atomic mass is 15.4. The summed E-state index contributed by atoms with van der Waals surface area (Å²) < 4.78 is 0. The Hall–Kier alpha value is -1.86. The smallest absolute Gasteiger partial charge is 0.0679 e. The van der Waals surface area contributed by atoms with Crippen molar-refractivity contribution >= 4 is 0 Å². The van der Waals surface area contributed by atoms with E-state index in [9.17, 15) is 0 Å². The van der Waals surface area contributed by atoms with Crippen LogP contribution in [0.1, 0.15) is 67.1 Å². The summed E-state index contributed by atoms with van der Waals surface area (Å²) in [7, 11) is 0. The molecule has 1 saturated carbocycles. The van der Waals surface area contributed by atoms with Crippen molar-refractivity contribution in [3.63, 3.8) is 0 Å². The Balaban J connectivity index is 1.35. The fourth-order valence-electron chi connectivity index (χ4n) is 5.27. The fourth-order valence-corrected chi connectivity index (χ4v) is 5.27. The van der Waals surface area contributed by atoms with Crippen molar-refractivity contribution in [3.05, 3.63) is 59.7 Å². The molecule has 2 aromatic rings. The molecule has 28 heavy (non-hydrogen) atoms. The predicted octanol–water partition coefficient (Wildman–Crippen LogP) is 2.33. The van der Waals surface area contributed by atoms with Gasteiger partial charge in [-0.3, -0.25) is 15.4 Å². The van der Waals surface area contributed by atoms with E-state index in [2.05, 4.69) is 45.4 Å². The fraction of sp³-hybridized carbons (Fsp3) is 0.545.